The zero-order chi connectivity index (χ0) is 7.19. The average Bonchev–Trinajstić information content (AvgIpc) is 2.33. The molecule has 0 aromatic heterocycles. The van der Waals surface area contributed by atoms with E-state index in [1.165, 1.54) is 26.1 Å². The quantitative estimate of drug-likeness (QED) is 0.587. The summed E-state index contributed by atoms with van der Waals surface area (Å²) < 4.78 is 0. The molecule has 2 aliphatic rings. The maximum atomic E-state index is 3.44. The highest BCUT2D eigenvalue weighted by Gasteiger charge is 2.56. The fourth-order valence-corrected chi connectivity index (χ4v) is 2.31. The summed E-state index contributed by atoms with van der Waals surface area (Å²) in [6.07, 6.45) is 1.47. The van der Waals surface area contributed by atoms with Gasteiger partial charge in [0, 0.05) is 13.1 Å². The minimum atomic E-state index is 0.698. The Hall–Kier alpha value is -0.0800. The van der Waals surface area contributed by atoms with Gasteiger partial charge in [0.15, 0.2) is 0 Å². The molecule has 0 bridgehead atoms. The molecular formula is C8H16N2. The molecule has 1 aliphatic carbocycles. The summed E-state index contributed by atoms with van der Waals surface area (Å²) in [5.74, 6) is 1.01. The Morgan fingerprint density at radius 2 is 2.40 bits per heavy atom. The molecule has 0 aromatic carbocycles. The van der Waals surface area contributed by atoms with Gasteiger partial charge in [-0.05, 0) is 38.4 Å². The smallest absolute Gasteiger partial charge is 0.00473 e. The lowest BCUT2D eigenvalue weighted by Gasteiger charge is -2.17. The Morgan fingerprint density at radius 1 is 1.60 bits per heavy atom. The number of piperidine rings is 1. The van der Waals surface area contributed by atoms with Gasteiger partial charge in [0.05, 0.1) is 0 Å². The van der Waals surface area contributed by atoms with E-state index in [0.717, 1.165) is 5.92 Å². The van der Waals surface area contributed by atoms with E-state index in [-0.39, 0.29) is 0 Å². The number of nitrogens with one attached hydrogen (secondary N) is 1. The molecule has 0 aromatic rings. The Labute approximate surface area is 62.6 Å². The van der Waals surface area contributed by atoms with Crippen LogP contribution >= 0.6 is 0 Å². The van der Waals surface area contributed by atoms with Gasteiger partial charge in [-0.25, -0.2) is 0 Å². The lowest BCUT2D eigenvalue weighted by Crippen LogP contribution is -2.27. The molecule has 1 heterocycles. The van der Waals surface area contributed by atoms with Crippen molar-refractivity contribution in [1.82, 2.24) is 10.2 Å². The third-order valence-corrected chi connectivity index (χ3v) is 2.86. The summed E-state index contributed by atoms with van der Waals surface area (Å²) in [4.78, 5) is 2.31. The zero-order valence-corrected chi connectivity index (χ0v) is 6.85. The molecular weight excluding hydrogens is 124 g/mol. The van der Waals surface area contributed by atoms with Gasteiger partial charge in [0.2, 0.25) is 0 Å². The van der Waals surface area contributed by atoms with E-state index < -0.39 is 0 Å². The van der Waals surface area contributed by atoms with Crippen LogP contribution in [0.3, 0.4) is 0 Å². The molecule has 2 rings (SSSR count). The highest BCUT2D eigenvalue weighted by Crippen LogP contribution is 2.54. The van der Waals surface area contributed by atoms with Crippen molar-refractivity contribution in [3.8, 4) is 0 Å². The van der Waals surface area contributed by atoms with Gasteiger partial charge in [-0.2, -0.15) is 0 Å². The van der Waals surface area contributed by atoms with E-state index in [4.69, 9.17) is 0 Å². The molecule has 2 atom stereocenters. The first kappa shape index (κ1) is 6.62. The van der Waals surface area contributed by atoms with Crippen LogP contribution in [0.5, 0.6) is 0 Å². The van der Waals surface area contributed by atoms with Gasteiger partial charge < -0.3 is 10.2 Å². The molecule has 0 amide bonds. The van der Waals surface area contributed by atoms with Crippen LogP contribution in [0.2, 0.25) is 0 Å². The van der Waals surface area contributed by atoms with E-state index >= 15 is 0 Å². The third-order valence-electron chi connectivity index (χ3n) is 2.86. The highest BCUT2D eigenvalue weighted by molar-refractivity contribution is 5.10. The lowest BCUT2D eigenvalue weighted by molar-refractivity contribution is 0.311. The fourth-order valence-electron chi connectivity index (χ4n) is 2.31. The van der Waals surface area contributed by atoms with Gasteiger partial charge in [0.25, 0.3) is 0 Å². The maximum Gasteiger partial charge on any atom is 0.00473 e. The Bertz CT molecular complexity index is 144. The van der Waals surface area contributed by atoms with Crippen molar-refractivity contribution in [2.24, 2.45) is 11.3 Å². The van der Waals surface area contributed by atoms with Gasteiger partial charge in [-0.1, -0.05) is 0 Å². The molecule has 2 fully saturated rings. The molecule has 1 N–H and O–H groups in total. The SMILES string of the molecule is CN(C)C[C@@]12CNCC1C2. The topological polar surface area (TPSA) is 15.3 Å². The second-order valence-corrected chi connectivity index (χ2v) is 4.13. The van der Waals surface area contributed by atoms with E-state index in [0.29, 0.717) is 5.41 Å². The number of hydrogen-bond acceptors (Lipinski definition) is 2. The van der Waals surface area contributed by atoms with E-state index in [2.05, 4.69) is 24.3 Å². The average molecular weight is 140 g/mol. The number of nitrogens with zero attached hydrogens (tertiary/aromatic N) is 1. The van der Waals surface area contributed by atoms with Gasteiger partial charge in [0.1, 0.15) is 0 Å². The molecule has 1 saturated carbocycles. The van der Waals surface area contributed by atoms with Crippen molar-refractivity contribution in [2.45, 2.75) is 6.42 Å². The first-order valence-electron chi connectivity index (χ1n) is 4.08. The third kappa shape index (κ3) is 0.867. The van der Waals surface area contributed by atoms with Crippen molar-refractivity contribution in [3.05, 3.63) is 0 Å². The second-order valence-electron chi connectivity index (χ2n) is 4.13. The van der Waals surface area contributed by atoms with Gasteiger partial charge in [-0.15, -0.1) is 0 Å². The second kappa shape index (κ2) is 1.95. The predicted octanol–water partition coefficient (Wildman–Crippen LogP) is 0.158. The van der Waals surface area contributed by atoms with Crippen LogP contribution in [0.1, 0.15) is 6.42 Å². The number of fused-ring (bicyclic) bond motifs is 1. The normalized spacial score (nSPS) is 44.1. The highest BCUT2D eigenvalue weighted by atomic mass is 15.1. The van der Waals surface area contributed by atoms with Crippen LogP contribution in [0.4, 0.5) is 0 Å². The van der Waals surface area contributed by atoms with Crippen molar-refractivity contribution in [3.63, 3.8) is 0 Å². The summed E-state index contributed by atoms with van der Waals surface area (Å²) in [7, 11) is 4.34. The van der Waals surface area contributed by atoms with Crippen LogP contribution in [0, 0.1) is 11.3 Å². The van der Waals surface area contributed by atoms with Gasteiger partial charge >= 0.3 is 0 Å². The molecule has 2 heteroatoms. The van der Waals surface area contributed by atoms with E-state index in [1.54, 1.807) is 0 Å². The first-order chi connectivity index (χ1) is 4.73. The van der Waals surface area contributed by atoms with Crippen LogP contribution in [-0.2, 0) is 0 Å². The molecule has 1 saturated heterocycles. The van der Waals surface area contributed by atoms with Crippen molar-refractivity contribution >= 4 is 0 Å². The molecule has 1 aliphatic heterocycles. The van der Waals surface area contributed by atoms with Crippen LogP contribution in [-0.4, -0.2) is 38.6 Å². The summed E-state index contributed by atoms with van der Waals surface area (Å²) in [6, 6.07) is 0. The lowest BCUT2D eigenvalue weighted by atomic mass is 10.1. The zero-order valence-electron chi connectivity index (χ0n) is 6.85. The van der Waals surface area contributed by atoms with Crippen molar-refractivity contribution in [1.29, 1.82) is 0 Å². The molecule has 0 radical (unpaired) electrons. The van der Waals surface area contributed by atoms with E-state index in [9.17, 15) is 0 Å². The largest absolute Gasteiger partial charge is 0.316 e. The summed E-state index contributed by atoms with van der Waals surface area (Å²) in [5, 5.41) is 3.44. The molecule has 10 heavy (non-hydrogen) atoms. The van der Waals surface area contributed by atoms with Crippen LogP contribution < -0.4 is 5.32 Å². The summed E-state index contributed by atoms with van der Waals surface area (Å²) >= 11 is 0. The Morgan fingerprint density at radius 3 is 2.80 bits per heavy atom. The molecule has 0 spiro atoms. The Balaban J connectivity index is 1.93. The number of hydrogen-bond donors (Lipinski definition) is 1. The standard InChI is InChI=1S/C8H16N2/c1-10(2)6-8-3-7(8)4-9-5-8/h7,9H,3-6H2,1-2H3/t7?,8-/m1/s1. The minimum Gasteiger partial charge on any atom is -0.316 e. The molecule has 1 unspecified atom stereocenters. The van der Waals surface area contributed by atoms with Crippen molar-refractivity contribution in [2.75, 3.05) is 33.7 Å². The first-order valence-corrected chi connectivity index (χ1v) is 4.08. The predicted molar refractivity (Wildman–Crippen MR) is 42.0 cm³/mol. The maximum absolute atomic E-state index is 3.44. The number of rotatable bonds is 2. The summed E-state index contributed by atoms with van der Waals surface area (Å²) in [6.45, 7) is 3.81. The fraction of sp³-hybridized carbons (Fsp3) is 1.00. The summed E-state index contributed by atoms with van der Waals surface area (Å²) in [5.41, 5.74) is 0.698. The molecule has 2 nitrogen and oxygen atoms in total. The van der Waals surface area contributed by atoms with E-state index in [1.807, 2.05) is 0 Å². The monoisotopic (exact) mass is 140 g/mol. The Kier molecular flexibility index (Phi) is 1.29. The minimum absolute atomic E-state index is 0.698. The van der Waals surface area contributed by atoms with Crippen LogP contribution in [0.25, 0.3) is 0 Å². The van der Waals surface area contributed by atoms with Crippen LogP contribution in [0.15, 0.2) is 0 Å². The van der Waals surface area contributed by atoms with Crippen molar-refractivity contribution < 1.29 is 0 Å². The molecule has 58 valence electrons. The van der Waals surface area contributed by atoms with Gasteiger partial charge in [-0.3, -0.25) is 0 Å².